The van der Waals surface area contributed by atoms with Gasteiger partial charge in [-0.1, -0.05) is 36.4 Å². The van der Waals surface area contributed by atoms with Crippen LogP contribution in [0.15, 0.2) is 48.5 Å². The number of nitrogens with two attached hydrogens (primary N) is 1. The average molecular weight is 404 g/mol. The molecule has 0 saturated carbocycles. The van der Waals surface area contributed by atoms with E-state index in [2.05, 4.69) is 20.5 Å². The highest BCUT2D eigenvalue weighted by Gasteiger charge is 2.33. The lowest BCUT2D eigenvalue weighted by Gasteiger charge is -2.23. The van der Waals surface area contributed by atoms with Gasteiger partial charge in [-0.15, -0.1) is 10.2 Å². The van der Waals surface area contributed by atoms with Gasteiger partial charge < -0.3 is 21.1 Å². The van der Waals surface area contributed by atoms with Crippen LogP contribution in [0.3, 0.4) is 0 Å². The third-order valence-electron chi connectivity index (χ3n) is 5.01. The van der Waals surface area contributed by atoms with E-state index in [1.165, 1.54) is 0 Å². The molecule has 152 valence electrons. The van der Waals surface area contributed by atoms with Crippen LogP contribution in [0.5, 0.6) is 0 Å². The van der Waals surface area contributed by atoms with Crippen LogP contribution in [0.2, 0.25) is 0 Å². The van der Waals surface area contributed by atoms with Gasteiger partial charge in [0.15, 0.2) is 11.5 Å². The fourth-order valence-electron chi connectivity index (χ4n) is 3.63. The molecule has 3 aromatic rings. The van der Waals surface area contributed by atoms with E-state index in [0.29, 0.717) is 18.7 Å². The van der Waals surface area contributed by atoms with Gasteiger partial charge in [0.1, 0.15) is 0 Å². The number of carboxylic acids is 1. The van der Waals surface area contributed by atoms with Gasteiger partial charge in [-0.2, -0.15) is 4.98 Å². The molecule has 9 nitrogen and oxygen atoms in total. The van der Waals surface area contributed by atoms with Gasteiger partial charge in [0.25, 0.3) is 11.9 Å². The highest BCUT2D eigenvalue weighted by atomic mass is 16.4. The topological polar surface area (TPSA) is 134 Å². The Balaban J connectivity index is 1.71. The minimum Gasteiger partial charge on any atom is -0.478 e. The van der Waals surface area contributed by atoms with Crippen molar-refractivity contribution in [3.8, 4) is 0 Å². The van der Waals surface area contributed by atoms with Crippen molar-refractivity contribution >= 4 is 29.3 Å². The minimum absolute atomic E-state index is 0.0546. The number of carboxylic acid groups (broad SMARTS) is 1. The highest BCUT2D eigenvalue weighted by Crippen LogP contribution is 2.38. The average Bonchev–Trinajstić information content (AvgIpc) is 3.08. The van der Waals surface area contributed by atoms with E-state index in [1.807, 2.05) is 48.2 Å². The van der Waals surface area contributed by atoms with E-state index in [-0.39, 0.29) is 29.1 Å². The molecule has 0 saturated heterocycles. The Morgan fingerprint density at radius 1 is 1.17 bits per heavy atom. The number of nitrogens with zero attached hydrogens (tertiary/aromatic N) is 4. The second-order valence-corrected chi connectivity index (χ2v) is 7.04. The largest absolute Gasteiger partial charge is 0.478 e. The quantitative estimate of drug-likeness (QED) is 0.570. The zero-order valence-corrected chi connectivity index (χ0v) is 16.2. The highest BCUT2D eigenvalue weighted by molar-refractivity contribution is 5.95. The lowest BCUT2D eigenvalue weighted by atomic mass is 10.0. The number of benzene rings is 2. The van der Waals surface area contributed by atoms with Gasteiger partial charge >= 0.3 is 5.97 Å². The molecule has 0 aliphatic carbocycles. The van der Waals surface area contributed by atoms with Gasteiger partial charge in [0.2, 0.25) is 0 Å². The van der Waals surface area contributed by atoms with Crippen molar-refractivity contribution in [1.82, 2.24) is 15.2 Å². The van der Waals surface area contributed by atoms with Crippen LogP contribution in [-0.4, -0.2) is 38.2 Å². The first-order valence-corrected chi connectivity index (χ1v) is 9.42. The molecule has 2 aromatic carbocycles. The van der Waals surface area contributed by atoms with Crippen molar-refractivity contribution in [2.45, 2.75) is 25.9 Å². The van der Waals surface area contributed by atoms with Crippen molar-refractivity contribution in [2.24, 2.45) is 5.73 Å². The third kappa shape index (κ3) is 3.52. The number of carbonyl (C=O) groups excluding carboxylic acids is 1. The fourth-order valence-corrected chi connectivity index (χ4v) is 3.63. The van der Waals surface area contributed by atoms with E-state index in [1.54, 1.807) is 12.1 Å². The van der Waals surface area contributed by atoms with E-state index in [9.17, 15) is 14.7 Å². The Morgan fingerprint density at radius 2 is 1.93 bits per heavy atom. The molecule has 4 rings (SSSR count). The number of hydrogen-bond donors (Lipinski definition) is 3. The molecule has 1 aliphatic heterocycles. The van der Waals surface area contributed by atoms with Gasteiger partial charge in [0, 0.05) is 18.3 Å². The zero-order chi connectivity index (χ0) is 21.3. The first-order chi connectivity index (χ1) is 14.5. The molecule has 30 heavy (non-hydrogen) atoms. The van der Waals surface area contributed by atoms with E-state index < -0.39 is 11.9 Å². The smallest absolute Gasteiger partial charge is 0.336 e. The summed E-state index contributed by atoms with van der Waals surface area (Å²) in [5.41, 5.74) is 8.08. The number of hydrogen-bond acceptors (Lipinski definition) is 7. The molecule has 4 N–H and O–H groups in total. The first-order valence-electron chi connectivity index (χ1n) is 9.42. The Bertz CT molecular complexity index is 1120. The van der Waals surface area contributed by atoms with Gasteiger partial charge in [-0.3, -0.25) is 4.79 Å². The summed E-state index contributed by atoms with van der Waals surface area (Å²) in [6.07, 6.45) is 0.533. The van der Waals surface area contributed by atoms with Gasteiger partial charge in [-0.25, -0.2) is 4.79 Å². The Morgan fingerprint density at radius 3 is 2.63 bits per heavy atom. The number of aromatic carboxylic acids is 1. The normalized spacial score (nSPS) is 15.0. The lowest BCUT2D eigenvalue weighted by molar-refractivity contribution is 0.0695. The molecule has 0 fully saturated rings. The van der Waals surface area contributed by atoms with Crippen molar-refractivity contribution in [3.05, 3.63) is 70.9 Å². The number of anilines is 3. The molecule has 1 amide bonds. The molecular formula is C21H20N6O3. The number of amides is 1. The summed E-state index contributed by atoms with van der Waals surface area (Å²) in [5.74, 6) is -1.22. The van der Waals surface area contributed by atoms with Crippen molar-refractivity contribution in [2.75, 3.05) is 10.2 Å². The lowest BCUT2D eigenvalue weighted by Crippen LogP contribution is -2.28. The van der Waals surface area contributed by atoms with Crippen molar-refractivity contribution < 1.29 is 14.7 Å². The molecule has 9 heteroatoms. The Hall–Kier alpha value is -4.01. The molecule has 1 aliphatic rings. The number of carbonyl (C=O) groups is 2. The van der Waals surface area contributed by atoms with E-state index >= 15 is 0 Å². The van der Waals surface area contributed by atoms with Crippen LogP contribution in [0.1, 0.15) is 38.9 Å². The second-order valence-electron chi connectivity index (χ2n) is 7.04. The predicted octanol–water partition coefficient (Wildman–Crippen LogP) is 2.36. The SMILES string of the molecule is CC1Cc2c(C(=O)O)cccc2N1c1nnc(C(N)=O)c(NCc2ccccc2)n1. The number of rotatable bonds is 6. The summed E-state index contributed by atoms with van der Waals surface area (Å²) >= 11 is 0. The van der Waals surface area contributed by atoms with Crippen molar-refractivity contribution in [3.63, 3.8) is 0 Å². The van der Waals surface area contributed by atoms with Crippen LogP contribution in [0.25, 0.3) is 0 Å². The summed E-state index contributed by atoms with van der Waals surface area (Å²) in [6, 6.07) is 14.7. The molecule has 1 unspecified atom stereocenters. The van der Waals surface area contributed by atoms with Crippen LogP contribution < -0.4 is 16.0 Å². The molecule has 2 heterocycles. The van der Waals surface area contributed by atoms with Gasteiger partial charge in [-0.05, 0) is 36.6 Å². The summed E-state index contributed by atoms with van der Waals surface area (Å²) in [4.78, 5) is 29.7. The molecule has 0 radical (unpaired) electrons. The van der Waals surface area contributed by atoms with Crippen molar-refractivity contribution in [1.29, 1.82) is 0 Å². The molecule has 0 spiro atoms. The summed E-state index contributed by atoms with van der Waals surface area (Å²) in [7, 11) is 0. The molecule has 1 atom stereocenters. The summed E-state index contributed by atoms with van der Waals surface area (Å²) < 4.78 is 0. The second kappa shape index (κ2) is 7.78. The standard InChI is InChI=1S/C21H20N6O3/c1-12-10-15-14(20(29)30)8-5-9-16(15)27(12)21-24-19(17(18(22)28)25-26-21)23-11-13-6-3-2-4-7-13/h2-9,12H,10-11H2,1H3,(H2,22,28)(H,29,30)(H,23,24,26). The molecular weight excluding hydrogens is 384 g/mol. The number of aromatic nitrogens is 3. The number of primary amides is 1. The Labute approximate surface area is 172 Å². The summed E-state index contributed by atoms with van der Waals surface area (Å²) in [5, 5.41) is 20.7. The van der Waals surface area contributed by atoms with Crippen LogP contribution in [0.4, 0.5) is 17.5 Å². The van der Waals surface area contributed by atoms with E-state index in [0.717, 1.165) is 11.1 Å². The predicted molar refractivity (Wildman–Crippen MR) is 111 cm³/mol. The maximum absolute atomic E-state index is 11.8. The summed E-state index contributed by atoms with van der Waals surface area (Å²) in [6.45, 7) is 2.38. The van der Waals surface area contributed by atoms with Crippen LogP contribution in [0, 0.1) is 0 Å². The molecule has 1 aromatic heterocycles. The minimum atomic E-state index is -0.978. The Kier molecular flexibility index (Phi) is 5.01. The van der Waals surface area contributed by atoms with Gasteiger partial charge in [0.05, 0.1) is 5.56 Å². The fraction of sp³-hybridized carbons (Fsp3) is 0.190. The molecule has 0 bridgehead atoms. The third-order valence-corrected chi connectivity index (χ3v) is 5.01. The van der Waals surface area contributed by atoms with Crippen LogP contribution >= 0.6 is 0 Å². The van der Waals surface area contributed by atoms with Crippen LogP contribution in [-0.2, 0) is 13.0 Å². The first kappa shape index (κ1) is 19.3. The maximum atomic E-state index is 11.8. The van der Waals surface area contributed by atoms with E-state index in [4.69, 9.17) is 5.73 Å². The number of fused-ring (bicyclic) bond motifs is 1. The maximum Gasteiger partial charge on any atom is 0.336 e. The monoisotopic (exact) mass is 404 g/mol. The zero-order valence-electron chi connectivity index (χ0n) is 16.2. The number of nitrogens with one attached hydrogen (secondary N) is 1.